The Bertz CT molecular complexity index is 1700. The highest BCUT2D eigenvalue weighted by atomic mass is 19.1. The van der Waals surface area contributed by atoms with E-state index in [0.29, 0.717) is 19.4 Å². The molecule has 0 bridgehead atoms. The van der Waals surface area contributed by atoms with Crippen molar-refractivity contribution in [1.29, 1.82) is 0 Å². The lowest BCUT2D eigenvalue weighted by Gasteiger charge is -2.45. The van der Waals surface area contributed by atoms with Crippen LogP contribution in [-0.4, -0.2) is 103 Å². The molecule has 13 atom stereocenters. The van der Waals surface area contributed by atoms with Crippen molar-refractivity contribution >= 4 is 23.6 Å². The number of aliphatic hydroxyl groups excluding tert-OH is 1. The average Bonchev–Trinajstić information content (AvgIpc) is 3.78. The Morgan fingerprint density at radius 2 is 1.80 bits per heavy atom. The molecule has 2 N–H and O–H groups in total. The number of aromatic nitrogens is 3. The molecule has 0 saturated carbocycles. The Kier molecular flexibility index (Phi) is 13.4. The lowest BCUT2D eigenvalue weighted by molar-refractivity contribution is -0.284. The van der Waals surface area contributed by atoms with Crippen molar-refractivity contribution in [2.45, 2.75) is 149 Å². The molecule has 3 aliphatic heterocycles. The van der Waals surface area contributed by atoms with Crippen LogP contribution >= 0.6 is 0 Å². The fourth-order valence-corrected chi connectivity index (χ4v) is 8.72. The Labute approximate surface area is 329 Å². The molecule has 5 rings (SSSR count). The van der Waals surface area contributed by atoms with Gasteiger partial charge in [0.15, 0.2) is 18.2 Å². The number of imidazole rings is 1. The number of ether oxygens (including phenoxy) is 4. The van der Waals surface area contributed by atoms with Gasteiger partial charge >= 0.3 is 12.1 Å². The Hall–Kier alpha value is -3.79. The number of hydrazine groups is 1. The molecule has 3 unspecified atom stereocenters. The van der Waals surface area contributed by atoms with Crippen LogP contribution < -0.4 is 5.43 Å². The third kappa shape index (κ3) is 9.00. The van der Waals surface area contributed by atoms with Crippen LogP contribution in [0.15, 0.2) is 37.1 Å². The molecule has 0 spiro atoms. The van der Waals surface area contributed by atoms with Gasteiger partial charge in [-0.05, 0) is 69.9 Å². The quantitative estimate of drug-likeness (QED) is 0.238. The first-order valence-corrected chi connectivity index (χ1v) is 19.9. The van der Waals surface area contributed by atoms with Crippen LogP contribution in [0, 0.1) is 29.1 Å². The van der Waals surface area contributed by atoms with Gasteiger partial charge in [0.1, 0.15) is 24.0 Å². The number of nitrogens with one attached hydrogen (secondary N) is 1. The molecule has 14 nitrogen and oxygen atoms in total. The number of esters is 1. The van der Waals surface area contributed by atoms with E-state index in [4.69, 9.17) is 18.9 Å². The number of alkyl halides is 1. The zero-order chi connectivity index (χ0) is 41.3. The third-order valence-corrected chi connectivity index (χ3v) is 12.0. The highest BCUT2D eigenvalue weighted by Crippen LogP contribution is 2.42. The molecule has 56 heavy (non-hydrogen) atoms. The molecule has 0 radical (unpaired) electrons. The summed E-state index contributed by atoms with van der Waals surface area (Å²) in [7, 11) is 0. The number of fused-ring (bicyclic) bond motifs is 1. The van der Waals surface area contributed by atoms with Crippen molar-refractivity contribution < 1.29 is 47.6 Å². The minimum Gasteiger partial charge on any atom is -0.456 e. The molecule has 0 aliphatic carbocycles. The third-order valence-electron chi connectivity index (χ3n) is 12.0. The SMILES string of the molecule is CC[C@H]1OC(=O)[C@@](C)(F)C(=O)[C@H](C)[C@@H](OC2O[C@H](C)C[C@H](C)[C@H]2O)C(C)(C)C[C@@H](C)C(=O)[C@H](C)[C@@H]2C1OC(=O)N2NCCC(C)n1cnc(-c2cccnc2)c1. The molecule has 3 saturated heterocycles. The highest BCUT2D eigenvalue weighted by molar-refractivity contribution is 6.07. The van der Waals surface area contributed by atoms with E-state index in [1.807, 2.05) is 57.5 Å². The number of Topliss-reactive ketones (excluding diaryl/α,β-unsaturated/α-hetero) is 2. The minimum atomic E-state index is -3.11. The fourth-order valence-electron chi connectivity index (χ4n) is 8.72. The Balaban J connectivity index is 1.42. The lowest BCUT2D eigenvalue weighted by Crippen LogP contribution is -2.57. The number of carbonyl (C=O) groups excluding carboxylic acids is 4. The number of aliphatic hydroxyl groups is 1. The van der Waals surface area contributed by atoms with Gasteiger partial charge in [0.2, 0.25) is 0 Å². The maximum Gasteiger partial charge on any atom is 0.425 e. The first-order chi connectivity index (χ1) is 26.3. The van der Waals surface area contributed by atoms with Crippen molar-refractivity contribution in [3.63, 3.8) is 0 Å². The van der Waals surface area contributed by atoms with Crippen LogP contribution in [0.4, 0.5) is 9.18 Å². The summed E-state index contributed by atoms with van der Waals surface area (Å²) >= 11 is 0. The Morgan fingerprint density at radius 1 is 1.09 bits per heavy atom. The van der Waals surface area contributed by atoms with Gasteiger partial charge in [0.05, 0.1) is 24.2 Å². The molecule has 3 aliphatic rings. The molecule has 2 aromatic heterocycles. The second-order valence-electron chi connectivity index (χ2n) is 17.1. The van der Waals surface area contributed by atoms with E-state index in [2.05, 4.69) is 15.4 Å². The van der Waals surface area contributed by atoms with E-state index in [9.17, 15) is 24.3 Å². The van der Waals surface area contributed by atoms with Gasteiger partial charge in [-0.3, -0.25) is 14.6 Å². The molecule has 15 heteroatoms. The monoisotopic (exact) mass is 785 g/mol. The summed E-state index contributed by atoms with van der Waals surface area (Å²) in [6.07, 6.45) is 1.98. The van der Waals surface area contributed by atoms with Crippen LogP contribution in [0.1, 0.15) is 101 Å². The minimum absolute atomic E-state index is 0.0339. The summed E-state index contributed by atoms with van der Waals surface area (Å²) in [4.78, 5) is 64.4. The fraction of sp³-hybridized carbons (Fsp3) is 0.707. The summed E-state index contributed by atoms with van der Waals surface area (Å²) in [6, 6.07) is 2.79. The van der Waals surface area contributed by atoms with Gasteiger partial charge in [-0.1, -0.05) is 48.5 Å². The zero-order valence-electron chi connectivity index (χ0n) is 34.3. The molecule has 310 valence electrons. The highest BCUT2D eigenvalue weighted by Gasteiger charge is 2.56. The second-order valence-corrected chi connectivity index (χ2v) is 17.1. The molecule has 3 fully saturated rings. The number of amides is 1. The van der Waals surface area contributed by atoms with E-state index >= 15 is 4.39 Å². The molecule has 0 aromatic carbocycles. The van der Waals surface area contributed by atoms with E-state index in [1.165, 1.54) is 11.9 Å². The molecular weight excluding hydrogens is 725 g/mol. The molecule has 2 aromatic rings. The van der Waals surface area contributed by atoms with Crippen molar-refractivity contribution in [2.24, 2.45) is 29.1 Å². The van der Waals surface area contributed by atoms with Gasteiger partial charge in [-0.2, -0.15) is 0 Å². The van der Waals surface area contributed by atoms with E-state index in [1.54, 1.807) is 39.5 Å². The Morgan fingerprint density at radius 3 is 2.46 bits per heavy atom. The number of pyridine rings is 1. The summed E-state index contributed by atoms with van der Waals surface area (Å²) in [5.74, 6) is -5.54. The number of rotatable bonds is 9. The zero-order valence-corrected chi connectivity index (χ0v) is 34.3. The molecule has 1 amide bonds. The van der Waals surface area contributed by atoms with Gasteiger partial charge in [0, 0.05) is 54.5 Å². The summed E-state index contributed by atoms with van der Waals surface area (Å²) in [5.41, 5.74) is 0.744. The van der Waals surface area contributed by atoms with Gasteiger partial charge in [0.25, 0.3) is 5.67 Å². The number of hydrogen-bond acceptors (Lipinski definition) is 12. The van der Waals surface area contributed by atoms with Gasteiger partial charge in [-0.15, -0.1) is 0 Å². The first-order valence-electron chi connectivity index (χ1n) is 19.9. The smallest absolute Gasteiger partial charge is 0.425 e. The molecule has 5 heterocycles. The van der Waals surface area contributed by atoms with Crippen LogP contribution in [0.2, 0.25) is 0 Å². The van der Waals surface area contributed by atoms with Crippen LogP contribution in [-0.2, 0) is 33.3 Å². The van der Waals surface area contributed by atoms with Crippen molar-refractivity contribution in [1.82, 2.24) is 25.0 Å². The summed E-state index contributed by atoms with van der Waals surface area (Å²) in [5, 5.41) is 12.3. The van der Waals surface area contributed by atoms with Crippen LogP contribution in [0.5, 0.6) is 0 Å². The van der Waals surface area contributed by atoms with Gasteiger partial charge in [-0.25, -0.2) is 29.4 Å². The number of halogens is 1. The van der Waals surface area contributed by atoms with E-state index in [-0.39, 0.29) is 36.7 Å². The standard InChI is InChI=1S/C41H60FN5O9/c1-11-30-34-31(47(39(52)55-34)45-16-14-24(4)46-20-29(44-21-46)28-13-12-15-43-19-28)26(6)32(48)23(3)18-40(8,9)36(27(7)35(50)41(10,42)38(51)54-30)56-37-33(49)22(2)17-25(5)53-37/h12-13,15,19-27,30-31,33-34,36-37,45,49H,11,14,16-18H2,1-10H3/t22-,23+,24?,25+,26+,27-,30+,31+,33+,34?,36+,37?,41-/m0/s1. The largest absolute Gasteiger partial charge is 0.456 e. The second kappa shape index (κ2) is 17.4. The number of ketones is 2. The van der Waals surface area contributed by atoms with E-state index in [0.717, 1.165) is 18.2 Å². The van der Waals surface area contributed by atoms with Gasteiger partial charge < -0.3 is 28.6 Å². The summed E-state index contributed by atoms with van der Waals surface area (Å²) < 4.78 is 42.6. The lowest BCUT2D eigenvalue weighted by atomic mass is 9.69. The predicted octanol–water partition coefficient (Wildman–Crippen LogP) is 5.63. The molecular formula is C41H60FN5O9. The topological polar surface area (TPSA) is 171 Å². The number of nitrogens with zero attached hydrogens (tertiary/aromatic N) is 4. The maximum atomic E-state index is 16.6. The van der Waals surface area contributed by atoms with Crippen molar-refractivity contribution in [3.8, 4) is 11.3 Å². The van der Waals surface area contributed by atoms with Crippen LogP contribution in [0.25, 0.3) is 11.3 Å². The van der Waals surface area contributed by atoms with Crippen molar-refractivity contribution in [3.05, 3.63) is 37.1 Å². The summed E-state index contributed by atoms with van der Waals surface area (Å²) in [6.45, 7) is 17.2. The maximum absolute atomic E-state index is 16.6. The normalized spacial score (nSPS) is 36.4. The van der Waals surface area contributed by atoms with Crippen LogP contribution in [0.3, 0.4) is 0 Å². The number of carbonyl (C=O) groups is 4. The van der Waals surface area contributed by atoms with Crippen molar-refractivity contribution in [2.75, 3.05) is 6.54 Å². The number of cyclic esters (lactones) is 1. The van der Waals surface area contributed by atoms with E-state index < -0.39 is 83.4 Å². The first kappa shape index (κ1) is 43.3. The number of hydrogen-bond donors (Lipinski definition) is 2. The average molecular weight is 786 g/mol. The predicted molar refractivity (Wildman–Crippen MR) is 203 cm³/mol.